The second kappa shape index (κ2) is 4.50. The molecule has 3 nitrogen and oxygen atoms in total. The number of H-pyrrole nitrogens is 1. The molecular weight excluding hydrogens is 258 g/mol. The van der Waals surface area contributed by atoms with Crippen molar-refractivity contribution in [1.29, 1.82) is 0 Å². The highest BCUT2D eigenvalue weighted by molar-refractivity contribution is 6.31. The number of aromatic amines is 1. The number of imidazole rings is 1. The van der Waals surface area contributed by atoms with Crippen molar-refractivity contribution < 1.29 is 0 Å². The van der Waals surface area contributed by atoms with Gasteiger partial charge in [0.05, 0.1) is 17.1 Å². The van der Waals surface area contributed by atoms with Crippen molar-refractivity contribution in [2.24, 2.45) is 5.92 Å². The number of fused-ring (bicyclic) bond motifs is 2. The number of benzene rings is 1. The Morgan fingerprint density at radius 1 is 1.21 bits per heavy atom. The lowest BCUT2D eigenvalue weighted by Crippen LogP contribution is -2.30. The van der Waals surface area contributed by atoms with Crippen molar-refractivity contribution >= 4 is 22.6 Å². The summed E-state index contributed by atoms with van der Waals surface area (Å²) >= 11 is 6.02. The Balaban J connectivity index is 1.64. The summed E-state index contributed by atoms with van der Waals surface area (Å²) in [5, 5.41) is 4.52. The zero-order valence-electron chi connectivity index (χ0n) is 10.8. The summed E-state index contributed by atoms with van der Waals surface area (Å²) in [5.41, 5.74) is 2.05. The monoisotopic (exact) mass is 275 g/mol. The number of nitrogens with zero attached hydrogens (tertiary/aromatic N) is 1. The highest BCUT2D eigenvalue weighted by atomic mass is 35.5. The number of rotatable bonds is 1. The minimum absolute atomic E-state index is 0.388. The number of hydrogen-bond acceptors (Lipinski definition) is 2. The van der Waals surface area contributed by atoms with Crippen LogP contribution in [0.3, 0.4) is 0 Å². The molecule has 4 rings (SSSR count). The minimum atomic E-state index is 0.388. The first kappa shape index (κ1) is 11.7. The van der Waals surface area contributed by atoms with Crippen LogP contribution in [0.25, 0.3) is 11.0 Å². The molecule has 1 aromatic carbocycles. The maximum Gasteiger partial charge on any atom is 0.124 e. The molecule has 2 fully saturated rings. The van der Waals surface area contributed by atoms with Crippen LogP contribution in [0.4, 0.5) is 0 Å². The molecule has 100 valence electrons. The molecule has 2 N–H and O–H groups in total. The average molecular weight is 276 g/mol. The third-order valence-corrected chi connectivity index (χ3v) is 4.89. The Morgan fingerprint density at radius 3 is 3.00 bits per heavy atom. The van der Waals surface area contributed by atoms with Gasteiger partial charge in [-0.15, -0.1) is 0 Å². The van der Waals surface area contributed by atoms with E-state index in [1.807, 2.05) is 18.2 Å². The molecule has 0 amide bonds. The standard InChI is InChI=1S/C15H18ClN3/c16-10-5-6-12-13(8-10)19-15(18-12)14-7-9-3-1-2-4-11(9)17-14/h5-6,8-9,11,14,17H,1-4,7H2,(H,18,19). The van der Waals surface area contributed by atoms with E-state index in [4.69, 9.17) is 16.6 Å². The molecule has 1 aromatic heterocycles. The SMILES string of the molecule is Clc1ccc2nc(C3CC4CCCCC4N3)[nH]c2c1. The Bertz CT molecular complexity index is 592. The van der Waals surface area contributed by atoms with E-state index >= 15 is 0 Å². The first-order chi connectivity index (χ1) is 9.29. The number of hydrogen-bond donors (Lipinski definition) is 2. The van der Waals surface area contributed by atoms with Crippen molar-refractivity contribution in [3.05, 3.63) is 29.0 Å². The summed E-state index contributed by atoms with van der Waals surface area (Å²) < 4.78 is 0. The molecule has 1 saturated carbocycles. The van der Waals surface area contributed by atoms with Crippen LogP contribution in [0.5, 0.6) is 0 Å². The van der Waals surface area contributed by atoms with Crippen LogP contribution in [0.1, 0.15) is 44.0 Å². The van der Waals surface area contributed by atoms with Gasteiger partial charge in [-0.1, -0.05) is 24.4 Å². The fraction of sp³-hybridized carbons (Fsp3) is 0.533. The molecule has 3 atom stereocenters. The van der Waals surface area contributed by atoms with Gasteiger partial charge < -0.3 is 10.3 Å². The summed E-state index contributed by atoms with van der Waals surface area (Å²) in [6.45, 7) is 0. The molecule has 2 aliphatic rings. The number of nitrogens with one attached hydrogen (secondary N) is 2. The zero-order chi connectivity index (χ0) is 12.8. The van der Waals surface area contributed by atoms with Gasteiger partial charge in [-0.25, -0.2) is 4.98 Å². The van der Waals surface area contributed by atoms with Gasteiger partial charge in [-0.05, 0) is 43.4 Å². The van der Waals surface area contributed by atoms with Crippen LogP contribution in [-0.4, -0.2) is 16.0 Å². The smallest absolute Gasteiger partial charge is 0.124 e. The second-order valence-corrected chi connectivity index (χ2v) is 6.33. The van der Waals surface area contributed by atoms with Gasteiger partial charge in [0.25, 0.3) is 0 Å². The molecule has 19 heavy (non-hydrogen) atoms. The van der Waals surface area contributed by atoms with Crippen molar-refractivity contribution in [3.8, 4) is 0 Å². The normalized spacial score (nSPS) is 30.7. The summed E-state index contributed by atoms with van der Waals surface area (Å²) in [6.07, 6.45) is 6.69. The average Bonchev–Trinajstić information content (AvgIpc) is 3.00. The Labute approximate surface area is 117 Å². The predicted octanol–water partition coefficient (Wildman–Crippen LogP) is 3.81. The van der Waals surface area contributed by atoms with Gasteiger partial charge in [0.2, 0.25) is 0 Å². The molecule has 3 unspecified atom stereocenters. The topological polar surface area (TPSA) is 40.7 Å². The first-order valence-electron chi connectivity index (χ1n) is 7.21. The molecule has 1 aliphatic heterocycles. The third kappa shape index (κ3) is 2.05. The summed E-state index contributed by atoms with van der Waals surface area (Å²) in [7, 11) is 0. The van der Waals surface area contributed by atoms with Gasteiger partial charge in [0.15, 0.2) is 0 Å². The zero-order valence-corrected chi connectivity index (χ0v) is 11.6. The Morgan fingerprint density at radius 2 is 2.11 bits per heavy atom. The maximum absolute atomic E-state index is 6.02. The lowest BCUT2D eigenvalue weighted by molar-refractivity contribution is 0.325. The van der Waals surface area contributed by atoms with Gasteiger partial charge in [-0.3, -0.25) is 0 Å². The van der Waals surface area contributed by atoms with Crippen LogP contribution in [-0.2, 0) is 0 Å². The van der Waals surface area contributed by atoms with Crippen molar-refractivity contribution in [1.82, 2.24) is 15.3 Å². The molecule has 1 aliphatic carbocycles. The van der Waals surface area contributed by atoms with Crippen LogP contribution in [0.15, 0.2) is 18.2 Å². The molecule has 1 saturated heterocycles. The maximum atomic E-state index is 6.02. The van der Waals surface area contributed by atoms with Crippen LogP contribution >= 0.6 is 11.6 Å². The molecule has 0 radical (unpaired) electrons. The van der Waals surface area contributed by atoms with E-state index < -0.39 is 0 Å². The molecule has 2 aromatic rings. The fourth-order valence-electron chi connectivity index (χ4n) is 3.70. The van der Waals surface area contributed by atoms with E-state index in [1.54, 1.807) is 0 Å². The third-order valence-electron chi connectivity index (χ3n) is 4.66. The van der Waals surface area contributed by atoms with Gasteiger partial charge in [-0.2, -0.15) is 0 Å². The lowest BCUT2D eigenvalue weighted by atomic mass is 9.85. The second-order valence-electron chi connectivity index (χ2n) is 5.89. The molecule has 2 heterocycles. The number of aromatic nitrogens is 2. The highest BCUT2D eigenvalue weighted by Crippen LogP contribution is 2.38. The van der Waals surface area contributed by atoms with Crippen LogP contribution in [0.2, 0.25) is 5.02 Å². The first-order valence-corrected chi connectivity index (χ1v) is 7.58. The molecular formula is C15H18ClN3. The number of halogens is 1. The lowest BCUT2D eigenvalue weighted by Gasteiger charge is -2.24. The molecule has 4 heteroatoms. The Kier molecular flexibility index (Phi) is 2.78. The summed E-state index contributed by atoms with van der Waals surface area (Å²) in [4.78, 5) is 8.15. The van der Waals surface area contributed by atoms with Crippen LogP contribution in [0, 0.1) is 5.92 Å². The van der Waals surface area contributed by atoms with E-state index in [-0.39, 0.29) is 0 Å². The summed E-state index contributed by atoms with van der Waals surface area (Å²) in [6, 6.07) is 6.93. The van der Waals surface area contributed by atoms with Gasteiger partial charge in [0, 0.05) is 11.1 Å². The van der Waals surface area contributed by atoms with Crippen molar-refractivity contribution in [3.63, 3.8) is 0 Å². The largest absolute Gasteiger partial charge is 0.341 e. The van der Waals surface area contributed by atoms with Gasteiger partial charge in [0.1, 0.15) is 5.82 Å². The highest BCUT2D eigenvalue weighted by Gasteiger charge is 2.36. The molecule has 0 spiro atoms. The predicted molar refractivity (Wildman–Crippen MR) is 77.3 cm³/mol. The molecule has 0 bridgehead atoms. The van der Waals surface area contributed by atoms with E-state index in [2.05, 4.69) is 10.3 Å². The van der Waals surface area contributed by atoms with Crippen molar-refractivity contribution in [2.75, 3.05) is 0 Å². The van der Waals surface area contributed by atoms with Crippen molar-refractivity contribution in [2.45, 2.75) is 44.2 Å². The summed E-state index contributed by atoms with van der Waals surface area (Å²) in [5.74, 6) is 1.92. The fourth-order valence-corrected chi connectivity index (χ4v) is 3.87. The Hall–Kier alpha value is -1.06. The van der Waals surface area contributed by atoms with E-state index in [0.29, 0.717) is 12.1 Å². The van der Waals surface area contributed by atoms with Crippen LogP contribution < -0.4 is 5.32 Å². The quantitative estimate of drug-likeness (QED) is 0.831. The van der Waals surface area contributed by atoms with Gasteiger partial charge >= 0.3 is 0 Å². The van der Waals surface area contributed by atoms with E-state index in [0.717, 1.165) is 27.8 Å². The van der Waals surface area contributed by atoms with E-state index in [1.165, 1.54) is 32.1 Å². The minimum Gasteiger partial charge on any atom is -0.341 e. The van der Waals surface area contributed by atoms with E-state index in [9.17, 15) is 0 Å².